The Morgan fingerprint density at radius 3 is 2.95 bits per heavy atom. The number of halogens is 1. The zero-order valence-electron chi connectivity index (χ0n) is 12.0. The van der Waals surface area contributed by atoms with Crippen molar-refractivity contribution in [1.82, 2.24) is 14.7 Å². The van der Waals surface area contributed by atoms with Crippen LogP contribution in [0.5, 0.6) is 0 Å². The molecule has 1 aliphatic heterocycles. The summed E-state index contributed by atoms with van der Waals surface area (Å²) in [6.07, 6.45) is 2.28. The van der Waals surface area contributed by atoms with E-state index in [2.05, 4.69) is 10.4 Å². The van der Waals surface area contributed by atoms with Gasteiger partial charge in [-0.2, -0.15) is 5.10 Å². The van der Waals surface area contributed by atoms with Crippen molar-refractivity contribution in [3.05, 3.63) is 47.4 Å². The lowest BCUT2D eigenvalue weighted by atomic mass is 9.93. The van der Waals surface area contributed by atoms with Crippen LogP contribution in [-0.4, -0.2) is 27.3 Å². The molecule has 21 heavy (non-hydrogen) atoms. The summed E-state index contributed by atoms with van der Waals surface area (Å²) < 4.78 is 15.6. The van der Waals surface area contributed by atoms with Gasteiger partial charge >= 0.3 is 6.03 Å². The summed E-state index contributed by atoms with van der Waals surface area (Å²) in [6, 6.07) is 6.28. The molecule has 1 N–H and O–H groups in total. The molecule has 0 radical (unpaired) electrons. The normalized spacial score (nSPS) is 17.5. The van der Waals surface area contributed by atoms with E-state index in [-0.39, 0.29) is 17.9 Å². The number of nitrogens with one attached hydrogen (secondary N) is 1. The molecule has 0 spiro atoms. The molecule has 1 aromatic carbocycles. The van der Waals surface area contributed by atoms with Crippen molar-refractivity contribution in [1.29, 1.82) is 0 Å². The molecule has 0 fully saturated rings. The van der Waals surface area contributed by atoms with Crippen LogP contribution in [0.15, 0.2) is 30.5 Å². The van der Waals surface area contributed by atoms with Gasteiger partial charge in [-0.05, 0) is 25.0 Å². The highest BCUT2D eigenvalue weighted by atomic mass is 19.1. The van der Waals surface area contributed by atoms with Crippen molar-refractivity contribution in [2.24, 2.45) is 7.05 Å². The van der Waals surface area contributed by atoms with Gasteiger partial charge in [0.2, 0.25) is 0 Å². The maximum Gasteiger partial charge on any atom is 0.323 e. The van der Waals surface area contributed by atoms with Gasteiger partial charge in [-0.15, -0.1) is 0 Å². The van der Waals surface area contributed by atoms with Crippen LogP contribution in [0.4, 0.5) is 15.0 Å². The maximum absolute atomic E-state index is 14.0. The summed E-state index contributed by atoms with van der Waals surface area (Å²) in [5.74, 6) is 0.365. The highest BCUT2D eigenvalue weighted by Gasteiger charge is 2.30. The number of rotatable bonds is 1. The number of anilines is 1. The second-order valence-corrected chi connectivity index (χ2v) is 5.20. The number of hydrogen-bond acceptors (Lipinski definition) is 2. The van der Waals surface area contributed by atoms with Gasteiger partial charge in [0, 0.05) is 25.2 Å². The fraction of sp³-hybridized carbons (Fsp3) is 0.333. The van der Waals surface area contributed by atoms with Crippen LogP contribution in [0.3, 0.4) is 0 Å². The van der Waals surface area contributed by atoms with Gasteiger partial charge in [0.25, 0.3) is 0 Å². The molecule has 1 unspecified atom stereocenters. The van der Waals surface area contributed by atoms with E-state index in [0.29, 0.717) is 24.3 Å². The van der Waals surface area contributed by atoms with Crippen molar-refractivity contribution in [3.63, 3.8) is 0 Å². The monoisotopic (exact) mass is 288 g/mol. The first-order valence-corrected chi connectivity index (χ1v) is 6.91. The summed E-state index contributed by atoms with van der Waals surface area (Å²) in [7, 11) is 1.75. The number of hydrogen-bond donors (Lipinski definition) is 1. The smallest absolute Gasteiger partial charge is 0.317 e. The Balaban J connectivity index is 1.83. The van der Waals surface area contributed by atoms with Gasteiger partial charge in [0.1, 0.15) is 11.6 Å². The van der Waals surface area contributed by atoms with Gasteiger partial charge in [-0.3, -0.25) is 10.00 Å². The summed E-state index contributed by atoms with van der Waals surface area (Å²) >= 11 is 0. The van der Waals surface area contributed by atoms with E-state index in [1.807, 2.05) is 13.0 Å². The first kappa shape index (κ1) is 13.6. The average Bonchev–Trinajstić information content (AvgIpc) is 2.84. The Labute approximate surface area is 122 Å². The standard InChI is InChI=1S/C15H17FN4O/c1-10-14-11(4-3-5-12(14)16)7-9-20(10)15(21)18-13-6-8-17-19(13)2/h3-6,8,10H,7,9H2,1-2H3,(H,18,21). The third-order valence-corrected chi connectivity index (χ3v) is 3.97. The zero-order valence-corrected chi connectivity index (χ0v) is 12.0. The summed E-state index contributed by atoms with van der Waals surface area (Å²) in [4.78, 5) is 14.1. The third-order valence-electron chi connectivity index (χ3n) is 3.97. The lowest BCUT2D eigenvalue weighted by Gasteiger charge is -2.35. The Bertz CT molecular complexity index is 682. The van der Waals surface area contributed by atoms with E-state index in [1.165, 1.54) is 6.07 Å². The minimum absolute atomic E-state index is 0.236. The van der Waals surface area contributed by atoms with E-state index in [1.54, 1.807) is 35.0 Å². The van der Waals surface area contributed by atoms with Crippen LogP contribution in [0.2, 0.25) is 0 Å². The van der Waals surface area contributed by atoms with E-state index in [9.17, 15) is 9.18 Å². The minimum atomic E-state index is -0.289. The lowest BCUT2D eigenvalue weighted by Crippen LogP contribution is -2.42. The number of aromatic nitrogens is 2. The van der Waals surface area contributed by atoms with Crippen LogP contribution >= 0.6 is 0 Å². The van der Waals surface area contributed by atoms with E-state index < -0.39 is 0 Å². The molecule has 3 rings (SSSR count). The van der Waals surface area contributed by atoms with E-state index >= 15 is 0 Å². The SMILES string of the molecule is CC1c2c(F)cccc2CCN1C(=O)Nc1ccnn1C. The molecule has 110 valence electrons. The molecule has 0 saturated carbocycles. The second kappa shape index (κ2) is 5.20. The Morgan fingerprint density at radius 2 is 2.24 bits per heavy atom. The summed E-state index contributed by atoms with van der Waals surface area (Å²) in [5.41, 5.74) is 1.59. The molecular formula is C15H17FN4O. The number of urea groups is 1. The number of carbonyl (C=O) groups is 1. The van der Waals surface area contributed by atoms with Crippen LogP contribution in [-0.2, 0) is 13.5 Å². The van der Waals surface area contributed by atoms with Gasteiger partial charge in [-0.25, -0.2) is 9.18 Å². The van der Waals surface area contributed by atoms with Gasteiger partial charge < -0.3 is 4.90 Å². The predicted octanol–water partition coefficient (Wildman–Crippen LogP) is 2.71. The van der Waals surface area contributed by atoms with Gasteiger partial charge in [0.15, 0.2) is 0 Å². The van der Waals surface area contributed by atoms with E-state index in [4.69, 9.17) is 0 Å². The third kappa shape index (κ3) is 2.37. The average molecular weight is 288 g/mol. The molecule has 1 aliphatic rings. The lowest BCUT2D eigenvalue weighted by molar-refractivity contribution is 0.186. The first-order valence-electron chi connectivity index (χ1n) is 6.91. The molecule has 1 aromatic heterocycles. The van der Waals surface area contributed by atoms with Crippen molar-refractivity contribution in [3.8, 4) is 0 Å². The minimum Gasteiger partial charge on any atom is -0.317 e. The fourth-order valence-corrected chi connectivity index (χ4v) is 2.81. The van der Waals surface area contributed by atoms with E-state index in [0.717, 1.165) is 5.56 Å². The molecular weight excluding hydrogens is 271 g/mol. The van der Waals surface area contributed by atoms with Crippen molar-refractivity contribution < 1.29 is 9.18 Å². The maximum atomic E-state index is 14.0. The second-order valence-electron chi connectivity index (χ2n) is 5.20. The molecule has 2 heterocycles. The molecule has 0 bridgehead atoms. The van der Waals surface area contributed by atoms with Crippen molar-refractivity contribution in [2.45, 2.75) is 19.4 Å². The summed E-state index contributed by atoms with van der Waals surface area (Å²) in [6.45, 7) is 2.42. The predicted molar refractivity (Wildman–Crippen MR) is 77.5 cm³/mol. The van der Waals surface area contributed by atoms with Crippen LogP contribution in [0.25, 0.3) is 0 Å². The summed E-state index contributed by atoms with van der Waals surface area (Å²) in [5, 5.41) is 6.81. The quantitative estimate of drug-likeness (QED) is 0.877. The largest absolute Gasteiger partial charge is 0.323 e. The van der Waals surface area contributed by atoms with Gasteiger partial charge in [-0.1, -0.05) is 12.1 Å². The first-order chi connectivity index (χ1) is 10.1. The Hall–Kier alpha value is -2.37. The number of fused-ring (bicyclic) bond motifs is 1. The highest BCUT2D eigenvalue weighted by Crippen LogP contribution is 2.31. The number of nitrogens with zero attached hydrogens (tertiary/aromatic N) is 3. The zero-order chi connectivity index (χ0) is 15.0. The molecule has 2 aromatic rings. The molecule has 1 atom stereocenters. The molecule has 6 heteroatoms. The van der Waals surface area contributed by atoms with Crippen molar-refractivity contribution >= 4 is 11.8 Å². The number of carbonyl (C=O) groups excluding carboxylic acids is 1. The molecule has 0 aliphatic carbocycles. The molecule has 0 saturated heterocycles. The van der Waals surface area contributed by atoms with Crippen LogP contribution in [0.1, 0.15) is 24.1 Å². The number of amides is 2. The highest BCUT2D eigenvalue weighted by molar-refractivity contribution is 5.88. The Morgan fingerprint density at radius 1 is 1.43 bits per heavy atom. The Kier molecular flexibility index (Phi) is 3.37. The fourth-order valence-electron chi connectivity index (χ4n) is 2.81. The van der Waals surface area contributed by atoms with Crippen molar-refractivity contribution in [2.75, 3.05) is 11.9 Å². The van der Waals surface area contributed by atoms with Crippen LogP contribution in [0, 0.1) is 5.82 Å². The number of aryl methyl sites for hydroxylation is 1. The van der Waals surface area contributed by atoms with Crippen LogP contribution < -0.4 is 5.32 Å². The van der Waals surface area contributed by atoms with Gasteiger partial charge in [0.05, 0.1) is 12.2 Å². The molecule has 5 nitrogen and oxygen atoms in total. The topological polar surface area (TPSA) is 50.2 Å². The number of benzene rings is 1. The molecule has 2 amide bonds.